The fraction of sp³-hybridized carbons (Fsp3) is 0.500. The van der Waals surface area contributed by atoms with E-state index in [4.69, 9.17) is 0 Å². The fourth-order valence-corrected chi connectivity index (χ4v) is 3.54. The molecule has 1 aromatic rings. The third-order valence-corrected chi connectivity index (χ3v) is 4.96. The van der Waals surface area contributed by atoms with Crippen LogP contribution in [0, 0.1) is 0 Å². The first-order valence-corrected chi connectivity index (χ1v) is 8.11. The number of amides is 1. The Hall–Kier alpha value is -1.29. The van der Waals surface area contributed by atoms with Crippen molar-refractivity contribution in [3.8, 4) is 0 Å². The second-order valence-electron chi connectivity index (χ2n) is 5.26. The molecule has 1 atom stereocenters. The van der Waals surface area contributed by atoms with Crippen molar-refractivity contribution in [1.82, 2.24) is 5.32 Å². The van der Waals surface area contributed by atoms with Crippen molar-refractivity contribution in [2.45, 2.75) is 50.3 Å². The highest BCUT2D eigenvalue weighted by Crippen LogP contribution is 2.29. The molecule has 1 fully saturated rings. The van der Waals surface area contributed by atoms with Gasteiger partial charge in [-0.25, -0.2) is 0 Å². The van der Waals surface area contributed by atoms with Gasteiger partial charge in [-0.05, 0) is 31.9 Å². The first kappa shape index (κ1) is 15.1. The van der Waals surface area contributed by atoms with Crippen LogP contribution >= 0.6 is 11.8 Å². The summed E-state index contributed by atoms with van der Waals surface area (Å²) in [5.74, 6) is -0.185. The summed E-state index contributed by atoms with van der Waals surface area (Å²) < 4.78 is 0. The first-order valence-electron chi connectivity index (χ1n) is 7.23. The molecule has 0 spiro atoms. The van der Waals surface area contributed by atoms with E-state index in [1.54, 1.807) is 19.1 Å². The van der Waals surface area contributed by atoms with Crippen LogP contribution in [-0.4, -0.2) is 22.3 Å². The molecule has 0 radical (unpaired) electrons. The maximum absolute atomic E-state index is 12.1. The molecule has 0 heterocycles. The van der Waals surface area contributed by atoms with E-state index in [2.05, 4.69) is 5.32 Å². The van der Waals surface area contributed by atoms with Crippen LogP contribution in [0.25, 0.3) is 0 Å². The molecule has 1 amide bonds. The number of thioether (sulfide) groups is 1. The summed E-state index contributed by atoms with van der Waals surface area (Å²) in [5, 5.41) is 3.28. The van der Waals surface area contributed by atoms with Gasteiger partial charge in [0.25, 0.3) is 5.91 Å². The molecule has 20 heavy (non-hydrogen) atoms. The van der Waals surface area contributed by atoms with Crippen LogP contribution in [0.5, 0.6) is 0 Å². The summed E-state index contributed by atoms with van der Waals surface area (Å²) in [6, 6.07) is 8.57. The summed E-state index contributed by atoms with van der Waals surface area (Å²) >= 11 is 1.41. The maximum Gasteiger partial charge on any atom is 0.251 e. The van der Waals surface area contributed by atoms with E-state index in [0.29, 0.717) is 10.8 Å². The Kier molecular flexibility index (Phi) is 5.65. The quantitative estimate of drug-likeness (QED) is 0.925. The summed E-state index contributed by atoms with van der Waals surface area (Å²) in [4.78, 5) is 24.1. The highest BCUT2D eigenvalue weighted by atomic mass is 32.2. The third kappa shape index (κ3) is 4.37. The second-order valence-corrected chi connectivity index (χ2v) is 6.56. The van der Waals surface area contributed by atoms with Crippen molar-refractivity contribution in [2.75, 3.05) is 0 Å². The smallest absolute Gasteiger partial charge is 0.251 e. The number of benzene rings is 1. The number of carbonyl (C=O) groups is 2. The molecule has 1 aliphatic carbocycles. The molecule has 1 saturated carbocycles. The van der Waals surface area contributed by atoms with Gasteiger partial charge in [-0.3, -0.25) is 9.59 Å². The Morgan fingerprint density at radius 3 is 2.45 bits per heavy atom. The number of carbonyl (C=O) groups excluding carboxylic acids is 2. The monoisotopic (exact) mass is 291 g/mol. The van der Waals surface area contributed by atoms with E-state index in [-0.39, 0.29) is 11.0 Å². The van der Waals surface area contributed by atoms with Gasteiger partial charge >= 0.3 is 0 Å². The lowest BCUT2D eigenvalue weighted by atomic mass is 10.0. The van der Waals surface area contributed by atoms with Crippen molar-refractivity contribution in [3.05, 3.63) is 35.9 Å². The highest BCUT2D eigenvalue weighted by Gasteiger charge is 2.22. The van der Waals surface area contributed by atoms with Crippen molar-refractivity contribution in [2.24, 2.45) is 0 Å². The van der Waals surface area contributed by atoms with E-state index in [9.17, 15) is 9.59 Å². The minimum atomic E-state index is -0.436. The van der Waals surface area contributed by atoms with E-state index < -0.39 is 6.04 Å². The Bertz CT molecular complexity index is 455. The van der Waals surface area contributed by atoms with Gasteiger partial charge in [0.15, 0.2) is 0 Å². The molecule has 0 aromatic heterocycles. The van der Waals surface area contributed by atoms with Crippen LogP contribution in [0.4, 0.5) is 0 Å². The summed E-state index contributed by atoms with van der Waals surface area (Å²) in [6.45, 7) is 1.76. The van der Waals surface area contributed by atoms with Gasteiger partial charge in [-0.15, -0.1) is 0 Å². The van der Waals surface area contributed by atoms with Crippen LogP contribution < -0.4 is 5.32 Å². The second kappa shape index (κ2) is 7.48. The predicted molar refractivity (Wildman–Crippen MR) is 82.8 cm³/mol. The van der Waals surface area contributed by atoms with Crippen LogP contribution in [0.3, 0.4) is 0 Å². The molecule has 2 rings (SSSR count). The van der Waals surface area contributed by atoms with Crippen LogP contribution in [0.2, 0.25) is 0 Å². The van der Waals surface area contributed by atoms with Gasteiger partial charge in [0.2, 0.25) is 5.12 Å². The highest BCUT2D eigenvalue weighted by molar-refractivity contribution is 8.14. The maximum atomic E-state index is 12.1. The minimum Gasteiger partial charge on any atom is -0.342 e. The predicted octanol–water partition coefficient (Wildman–Crippen LogP) is 3.40. The largest absolute Gasteiger partial charge is 0.342 e. The zero-order chi connectivity index (χ0) is 14.4. The average Bonchev–Trinajstić information content (AvgIpc) is 2.49. The molecule has 0 saturated heterocycles. The van der Waals surface area contributed by atoms with Crippen molar-refractivity contribution >= 4 is 22.8 Å². The van der Waals surface area contributed by atoms with Crippen LogP contribution in [0.1, 0.15) is 49.4 Å². The van der Waals surface area contributed by atoms with Crippen LogP contribution in [0.15, 0.2) is 30.3 Å². The summed E-state index contributed by atoms with van der Waals surface area (Å²) in [6.07, 6.45) is 5.96. The Morgan fingerprint density at radius 1 is 1.15 bits per heavy atom. The number of hydrogen-bond donors (Lipinski definition) is 1. The van der Waals surface area contributed by atoms with Gasteiger partial charge in [-0.2, -0.15) is 0 Å². The fourth-order valence-electron chi connectivity index (χ4n) is 2.38. The minimum absolute atomic E-state index is 0.0705. The molecule has 0 bridgehead atoms. The van der Waals surface area contributed by atoms with Gasteiger partial charge in [0.1, 0.15) is 0 Å². The third-order valence-electron chi connectivity index (χ3n) is 3.57. The molecular weight excluding hydrogens is 270 g/mol. The zero-order valence-corrected chi connectivity index (χ0v) is 12.6. The normalized spacial score (nSPS) is 17.4. The molecule has 1 aliphatic rings. The Morgan fingerprint density at radius 2 is 1.80 bits per heavy atom. The van der Waals surface area contributed by atoms with Gasteiger partial charge in [0.05, 0.1) is 6.04 Å². The van der Waals surface area contributed by atoms with Gasteiger partial charge in [0, 0.05) is 10.8 Å². The molecule has 4 heteroatoms. The van der Waals surface area contributed by atoms with Gasteiger partial charge < -0.3 is 5.32 Å². The lowest BCUT2D eigenvalue weighted by molar-refractivity contribution is -0.112. The summed E-state index contributed by atoms with van der Waals surface area (Å²) in [7, 11) is 0. The topological polar surface area (TPSA) is 46.2 Å². The number of rotatable bonds is 4. The van der Waals surface area contributed by atoms with Crippen molar-refractivity contribution in [3.63, 3.8) is 0 Å². The molecule has 1 aromatic carbocycles. The van der Waals surface area contributed by atoms with E-state index in [1.807, 2.05) is 18.2 Å². The van der Waals surface area contributed by atoms with Gasteiger partial charge in [-0.1, -0.05) is 49.2 Å². The molecule has 3 nitrogen and oxygen atoms in total. The Labute approximate surface area is 124 Å². The summed E-state index contributed by atoms with van der Waals surface area (Å²) in [5.41, 5.74) is 0.592. The molecule has 0 aliphatic heterocycles. The average molecular weight is 291 g/mol. The lowest BCUT2D eigenvalue weighted by Gasteiger charge is -2.22. The Balaban J connectivity index is 1.83. The lowest BCUT2D eigenvalue weighted by Crippen LogP contribution is -2.38. The molecule has 1 N–H and O–H groups in total. The first-order chi connectivity index (χ1) is 9.66. The van der Waals surface area contributed by atoms with E-state index in [0.717, 1.165) is 12.8 Å². The zero-order valence-electron chi connectivity index (χ0n) is 11.8. The molecule has 108 valence electrons. The number of hydrogen-bond acceptors (Lipinski definition) is 3. The van der Waals surface area contributed by atoms with Crippen molar-refractivity contribution < 1.29 is 9.59 Å². The van der Waals surface area contributed by atoms with Crippen LogP contribution in [-0.2, 0) is 4.79 Å². The standard InChI is InChI=1S/C16H21NO2S/c1-12(16(19)20-14-10-6-3-7-11-14)17-15(18)13-8-4-2-5-9-13/h2,4-5,8-9,12,14H,3,6-7,10-11H2,1H3,(H,17,18). The van der Waals surface area contributed by atoms with Crippen molar-refractivity contribution in [1.29, 1.82) is 0 Å². The molecular formula is C16H21NO2S. The van der Waals surface area contributed by atoms with E-state index >= 15 is 0 Å². The SMILES string of the molecule is CC(NC(=O)c1ccccc1)C(=O)SC1CCCCC1. The van der Waals surface area contributed by atoms with E-state index in [1.165, 1.54) is 31.0 Å². The molecule has 1 unspecified atom stereocenters. The number of nitrogens with one attached hydrogen (secondary N) is 1.